The van der Waals surface area contributed by atoms with Gasteiger partial charge in [0, 0.05) is 12.7 Å². The summed E-state index contributed by atoms with van der Waals surface area (Å²) in [4.78, 5) is 14.5. The number of likely N-dealkylation sites (N-methyl/N-ethyl adjacent to an activating group) is 1. The minimum Gasteiger partial charge on any atom is -0.367 e. The van der Waals surface area contributed by atoms with Gasteiger partial charge in [0.25, 0.3) is 0 Å². The Hall–Kier alpha value is -1.83. The number of nitrogens with zero attached hydrogens (tertiary/aromatic N) is 2. The third kappa shape index (κ3) is 3.34. The van der Waals surface area contributed by atoms with Crippen molar-refractivity contribution in [3.8, 4) is 6.07 Å². The largest absolute Gasteiger partial charge is 0.367 e. The molecule has 1 aromatic carbocycles. The van der Waals surface area contributed by atoms with Gasteiger partial charge in [0.15, 0.2) is 5.78 Å². The Bertz CT molecular complexity index is 645. The van der Waals surface area contributed by atoms with Crippen molar-refractivity contribution in [2.45, 2.75) is 0 Å². The van der Waals surface area contributed by atoms with Crippen LogP contribution >= 0.6 is 22.9 Å². The number of anilines is 1. The van der Waals surface area contributed by atoms with Gasteiger partial charge in [-0.15, -0.1) is 11.3 Å². The van der Waals surface area contributed by atoms with Crippen molar-refractivity contribution in [3.05, 3.63) is 51.2 Å². The van der Waals surface area contributed by atoms with Gasteiger partial charge in [0.05, 0.1) is 27.4 Å². The Morgan fingerprint density at radius 3 is 2.84 bits per heavy atom. The van der Waals surface area contributed by atoms with Crippen LogP contribution in [0.1, 0.15) is 15.2 Å². The predicted molar refractivity (Wildman–Crippen MR) is 78.1 cm³/mol. The number of rotatable bonds is 4. The van der Waals surface area contributed by atoms with E-state index in [1.807, 2.05) is 18.0 Å². The molecular weight excluding hydrogens is 280 g/mol. The van der Waals surface area contributed by atoms with Crippen molar-refractivity contribution in [1.82, 2.24) is 0 Å². The SMILES string of the molecule is CN(CC(=O)c1ccc(Cl)s1)c1cccc(C#N)c1. The maximum atomic E-state index is 12.0. The third-order valence-corrected chi connectivity index (χ3v) is 3.92. The van der Waals surface area contributed by atoms with E-state index in [1.54, 1.807) is 30.3 Å². The van der Waals surface area contributed by atoms with E-state index in [0.29, 0.717) is 14.8 Å². The summed E-state index contributed by atoms with van der Waals surface area (Å²) in [5.74, 6) is 0.0155. The molecule has 0 aliphatic heterocycles. The van der Waals surface area contributed by atoms with E-state index >= 15 is 0 Å². The summed E-state index contributed by atoms with van der Waals surface area (Å²) in [6.45, 7) is 0.256. The lowest BCUT2D eigenvalue weighted by Gasteiger charge is -2.18. The van der Waals surface area contributed by atoms with Gasteiger partial charge in [-0.3, -0.25) is 4.79 Å². The molecule has 0 bridgehead atoms. The number of thiophene rings is 1. The van der Waals surface area contributed by atoms with Crippen LogP contribution < -0.4 is 4.90 Å². The zero-order valence-corrected chi connectivity index (χ0v) is 11.8. The molecule has 3 nitrogen and oxygen atoms in total. The van der Waals surface area contributed by atoms with E-state index in [1.165, 1.54) is 11.3 Å². The second-order valence-corrected chi connectivity index (χ2v) is 5.76. The number of hydrogen-bond acceptors (Lipinski definition) is 4. The first kappa shape index (κ1) is 13.6. The number of nitriles is 1. The Labute approximate surface area is 120 Å². The molecule has 0 saturated carbocycles. The summed E-state index contributed by atoms with van der Waals surface area (Å²) in [5.41, 5.74) is 1.42. The highest BCUT2D eigenvalue weighted by Crippen LogP contribution is 2.22. The first-order valence-electron chi connectivity index (χ1n) is 5.60. The Kier molecular flexibility index (Phi) is 4.20. The average molecular weight is 291 g/mol. The van der Waals surface area contributed by atoms with Crippen LogP contribution in [0.4, 0.5) is 5.69 Å². The molecule has 0 aliphatic carbocycles. The minimum atomic E-state index is 0.0155. The van der Waals surface area contributed by atoms with Crippen molar-refractivity contribution in [2.24, 2.45) is 0 Å². The zero-order chi connectivity index (χ0) is 13.8. The molecule has 0 amide bonds. The zero-order valence-electron chi connectivity index (χ0n) is 10.3. The Morgan fingerprint density at radius 2 is 2.21 bits per heavy atom. The molecule has 0 aliphatic rings. The Balaban J connectivity index is 2.10. The van der Waals surface area contributed by atoms with Crippen molar-refractivity contribution in [1.29, 1.82) is 5.26 Å². The lowest BCUT2D eigenvalue weighted by atomic mass is 10.2. The van der Waals surface area contributed by atoms with E-state index in [9.17, 15) is 4.79 Å². The topological polar surface area (TPSA) is 44.1 Å². The summed E-state index contributed by atoms with van der Waals surface area (Å²) in [6, 6.07) is 12.7. The van der Waals surface area contributed by atoms with Gasteiger partial charge in [-0.25, -0.2) is 0 Å². The van der Waals surface area contributed by atoms with E-state index < -0.39 is 0 Å². The number of benzene rings is 1. The van der Waals surface area contributed by atoms with Gasteiger partial charge in [-0.1, -0.05) is 17.7 Å². The fraction of sp³-hybridized carbons (Fsp3) is 0.143. The minimum absolute atomic E-state index is 0.0155. The molecule has 0 N–H and O–H groups in total. The highest BCUT2D eigenvalue weighted by molar-refractivity contribution is 7.18. The van der Waals surface area contributed by atoms with Crippen LogP contribution in [0.15, 0.2) is 36.4 Å². The molecule has 2 aromatic rings. The molecule has 1 heterocycles. The first-order valence-corrected chi connectivity index (χ1v) is 6.79. The van der Waals surface area contributed by atoms with Crippen LogP contribution in [0.5, 0.6) is 0 Å². The molecule has 2 rings (SSSR count). The molecular formula is C14H11ClN2OS. The monoisotopic (exact) mass is 290 g/mol. The number of ketones is 1. The molecule has 0 saturated heterocycles. The molecule has 0 unspecified atom stereocenters. The number of carbonyl (C=O) groups excluding carboxylic acids is 1. The summed E-state index contributed by atoms with van der Waals surface area (Å²) >= 11 is 7.09. The second kappa shape index (κ2) is 5.87. The number of hydrogen-bond donors (Lipinski definition) is 0. The lowest BCUT2D eigenvalue weighted by molar-refractivity contribution is 0.100. The van der Waals surface area contributed by atoms with Crippen molar-refractivity contribution < 1.29 is 4.79 Å². The van der Waals surface area contributed by atoms with Gasteiger partial charge in [0.2, 0.25) is 0 Å². The molecule has 0 fully saturated rings. The second-order valence-electron chi connectivity index (χ2n) is 4.05. The molecule has 96 valence electrons. The van der Waals surface area contributed by atoms with Gasteiger partial charge >= 0.3 is 0 Å². The fourth-order valence-corrected chi connectivity index (χ4v) is 2.63. The normalized spacial score (nSPS) is 9.95. The van der Waals surface area contributed by atoms with Crippen molar-refractivity contribution in [3.63, 3.8) is 0 Å². The molecule has 1 aromatic heterocycles. The van der Waals surface area contributed by atoms with E-state index in [2.05, 4.69) is 6.07 Å². The van der Waals surface area contributed by atoms with Crippen LogP contribution in [0.2, 0.25) is 4.34 Å². The molecule has 5 heteroatoms. The molecule has 0 atom stereocenters. The summed E-state index contributed by atoms with van der Waals surface area (Å²) in [5, 5.41) is 8.86. The summed E-state index contributed by atoms with van der Waals surface area (Å²) in [7, 11) is 1.82. The van der Waals surface area contributed by atoms with E-state index in [0.717, 1.165) is 5.69 Å². The standard InChI is InChI=1S/C14H11ClN2OS/c1-17(11-4-2-3-10(7-11)8-16)9-12(18)13-5-6-14(15)19-13/h2-7H,9H2,1H3. The predicted octanol–water partition coefficient (Wildman–Crippen LogP) is 3.59. The van der Waals surface area contributed by atoms with Crippen LogP contribution in [0, 0.1) is 11.3 Å². The van der Waals surface area contributed by atoms with Crippen LogP contribution in [0.25, 0.3) is 0 Å². The van der Waals surface area contributed by atoms with Crippen LogP contribution in [-0.2, 0) is 0 Å². The number of Topliss-reactive ketones (excluding diaryl/α,β-unsaturated/α-hetero) is 1. The van der Waals surface area contributed by atoms with Gasteiger partial charge in [-0.2, -0.15) is 5.26 Å². The van der Waals surface area contributed by atoms with E-state index in [4.69, 9.17) is 16.9 Å². The fourth-order valence-electron chi connectivity index (χ4n) is 1.66. The molecule has 0 spiro atoms. The highest BCUT2D eigenvalue weighted by atomic mass is 35.5. The third-order valence-electron chi connectivity index (χ3n) is 2.64. The van der Waals surface area contributed by atoms with Crippen molar-refractivity contribution in [2.75, 3.05) is 18.5 Å². The van der Waals surface area contributed by atoms with Gasteiger partial charge < -0.3 is 4.90 Å². The quantitative estimate of drug-likeness (QED) is 0.808. The highest BCUT2D eigenvalue weighted by Gasteiger charge is 2.12. The maximum Gasteiger partial charge on any atom is 0.192 e. The number of carbonyl (C=O) groups is 1. The summed E-state index contributed by atoms with van der Waals surface area (Å²) in [6.07, 6.45) is 0. The van der Waals surface area contributed by atoms with Crippen LogP contribution in [0.3, 0.4) is 0 Å². The van der Waals surface area contributed by atoms with Gasteiger partial charge in [-0.05, 0) is 30.3 Å². The smallest absolute Gasteiger partial charge is 0.192 e. The number of halogens is 1. The maximum absolute atomic E-state index is 12.0. The van der Waals surface area contributed by atoms with E-state index in [-0.39, 0.29) is 12.3 Å². The lowest BCUT2D eigenvalue weighted by Crippen LogP contribution is -2.25. The summed E-state index contributed by atoms with van der Waals surface area (Å²) < 4.78 is 0.609. The van der Waals surface area contributed by atoms with Gasteiger partial charge in [0.1, 0.15) is 0 Å². The molecule has 19 heavy (non-hydrogen) atoms. The Morgan fingerprint density at radius 1 is 1.42 bits per heavy atom. The first-order chi connectivity index (χ1) is 9.10. The molecule has 0 radical (unpaired) electrons. The van der Waals surface area contributed by atoms with Crippen LogP contribution in [-0.4, -0.2) is 19.4 Å². The average Bonchev–Trinajstić information content (AvgIpc) is 2.85. The van der Waals surface area contributed by atoms with Crippen molar-refractivity contribution >= 4 is 34.4 Å².